The van der Waals surface area contributed by atoms with Crippen molar-refractivity contribution in [1.82, 2.24) is 0 Å². The molecule has 24 heavy (non-hydrogen) atoms. The Kier molecular flexibility index (Phi) is 4.12. The van der Waals surface area contributed by atoms with Crippen molar-refractivity contribution in [2.75, 3.05) is 0 Å². The van der Waals surface area contributed by atoms with Crippen LogP contribution in [0.3, 0.4) is 0 Å². The molecule has 3 aromatic rings. The van der Waals surface area contributed by atoms with Gasteiger partial charge in [0.05, 0.1) is 11.1 Å². The Morgan fingerprint density at radius 2 is 1.00 bits per heavy atom. The number of carboxylic acids is 2. The number of hydrogen-bond donors (Lipinski definition) is 2. The van der Waals surface area contributed by atoms with Crippen LogP contribution in [0.2, 0.25) is 0 Å². The zero-order chi connectivity index (χ0) is 17.1. The van der Waals surface area contributed by atoms with E-state index in [4.69, 9.17) is 0 Å². The Morgan fingerprint density at radius 1 is 0.583 bits per heavy atom. The third-order valence-corrected chi connectivity index (χ3v) is 3.77. The summed E-state index contributed by atoms with van der Waals surface area (Å²) in [4.78, 5) is 22.4. The van der Waals surface area contributed by atoms with E-state index in [1.165, 1.54) is 0 Å². The zero-order valence-corrected chi connectivity index (χ0v) is 12.6. The predicted octanol–water partition coefficient (Wildman–Crippen LogP) is 4.42. The second-order valence-corrected chi connectivity index (χ2v) is 5.32. The molecular formula is C20H14O4. The molecule has 0 aliphatic carbocycles. The average Bonchev–Trinajstić information content (AvgIpc) is 2.62. The lowest BCUT2D eigenvalue weighted by Crippen LogP contribution is -1.97. The molecule has 3 aromatic carbocycles. The molecule has 2 N–H and O–H groups in total. The lowest BCUT2D eigenvalue weighted by Gasteiger charge is -2.11. The van der Waals surface area contributed by atoms with Crippen molar-refractivity contribution < 1.29 is 19.8 Å². The molecule has 0 bridgehead atoms. The molecule has 0 heterocycles. The van der Waals surface area contributed by atoms with Gasteiger partial charge in [0.2, 0.25) is 0 Å². The first-order valence-electron chi connectivity index (χ1n) is 7.33. The second kappa shape index (κ2) is 6.38. The van der Waals surface area contributed by atoms with Gasteiger partial charge in [0.15, 0.2) is 0 Å². The first-order chi connectivity index (χ1) is 11.6. The molecule has 3 rings (SSSR count). The SMILES string of the molecule is O=C(O)c1cccc(-c2ccccc2-c2cccc(C(=O)O)c2)c1. The maximum Gasteiger partial charge on any atom is 0.335 e. The minimum Gasteiger partial charge on any atom is -0.478 e. The Hall–Kier alpha value is -3.40. The van der Waals surface area contributed by atoms with Crippen LogP contribution in [-0.2, 0) is 0 Å². The average molecular weight is 318 g/mol. The highest BCUT2D eigenvalue weighted by Gasteiger charge is 2.11. The monoisotopic (exact) mass is 318 g/mol. The first-order valence-corrected chi connectivity index (χ1v) is 7.33. The van der Waals surface area contributed by atoms with Crippen molar-refractivity contribution >= 4 is 11.9 Å². The van der Waals surface area contributed by atoms with E-state index in [1.54, 1.807) is 36.4 Å². The molecule has 0 saturated carbocycles. The van der Waals surface area contributed by atoms with E-state index in [0.717, 1.165) is 22.3 Å². The minimum atomic E-state index is -0.984. The highest BCUT2D eigenvalue weighted by molar-refractivity contribution is 5.93. The second-order valence-electron chi connectivity index (χ2n) is 5.32. The molecule has 118 valence electrons. The molecule has 0 atom stereocenters. The van der Waals surface area contributed by atoms with Crippen LogP contribution in [0, 0.1) is 0 Å². The van der Waals surface area contributed by atoms with Gasteiger partial charge < -0.3 is 10.2 Å². The molecule has 0 radical (unpaired) electrons. The van der Waals surface area contributed by atoms with E-state index in [0.29, 0.717) is 0 Å². The topological polar surface area (TPSA) is 74.6 Å². The Balaban J connectivity index is 2.16. The summed E-state index contributed by atoms with van der Waals surface area (Å²) in [5, 5.41) is 18.3. The number of benzene rings is 3. The maximum absolute atomic E-state index is 11.2. The predicted molar refractivity (Wildman–Crippen MR) is 91.2 cm³/mol. The van der Waals surface area contributed by atoms with Gasteiger partial charge in [-0.2, -0.15) is 0 Å². The molecule has 0 amide bonds. The van der Waals surface area contributed by atoms with Gasteiger partial charge in [-0.3, -0.25) is 0 Å². The highest BCUT2D eigenvalue weighted by atomic mass is 16.4. The molecular weight excluding hydrogens is 304 g/mol. The summed E-state index contributed by atoms with van der Waals surface area (Å²) in [5.74, 6) is -1.97. The normalized spacial score (nSPS) is 10.3. The van der Waals surface area contributed by atoms with E-state index in [-0.39, 0.29) is 11.1 Å². The van der Waals surface area contributed by atoms with Crippen LogP contribution in [0.15, 0.2) is 72.8 Å². The van der Waals surface area contributed by atoms with Gasteiger partial charge in [-0.1, -0.05) is 48.5 Å². The van der Waals surface area contributed by atoms with Crippen molar-refractivity contribution in [3.05, 3.63) is 83.9 Å². The maximum atomic E-state index is 11.2. The van der Waals surface area contributed by atoms with E-state index >= 15 is 0 Å². The summed E-state index contributed by atoms with van der Waals surface area (Å²) in [6.07, 6.45) is 0. The summed E-state index contributed by atoms with van der Waals surface area (Å²) in [5.41, 5.74) is 3.66. The standard InChI is InChI=1S/C20H14O4/c21-19(22)15-7-3-5-13(11-15)17-9-1-2-10-18(17)14-6-4-8-16(12-14)20(23)24/h1-12H,(H,21,22)(H,23,24). The van der Waals surface area contributed by atoms with Gasteiger partial charge in [0, 0.05) is 0 Å². The molecule has 4 heteroatoms. The molecule has 0 aromatic heterocycles. The van der Waals surface area contributed by atoms with Crippen molar-refractivity contribution in [2.24, 2.45) is 0 Å². The number of aromatic carboxylic acids is 2. The fourth-order valence-electron chi connectivity index (χ4n) is 2.63. The lowest BCUT2D eigenvalue weighted by atomic mass is 9.93. The van der Waals surface area contributed by atoms with Crippen LogP contribution in [0.4, 0.5) is 0 Å². The fourth-order valence-corrected chi connectivity index (χ4v) is 2.63. The van der Waals surface area contributed by atoms with Crippen LogP contribution in [0.25, 0.3) is 22.3 Å². The van der Waals surface area contributed by atoms with E-state index in [9.17, 15) is 19.8 Å². The van der Waals surface area contributed by atoms with E-state index in [1.807, 2.05) is 36.4 Å². The van der Waals surface area contributed by atoms with Gasteiger partial charge in [0.25, 0.3) is 0 Å². The number of hydrogen-bond acceptors (Lipinski definition) is 2. The third-order valence-electron chi connectivity index (χ3n) is 3.77. The Bertz CT molecular complexity index is 852. The Morgan fingerprint density at radius 3 is 1.38 bits per heavy atom. The van der Waals surface area contributed by atoms with Crippen LogP contribution < -0.4 is 0 Å². The summed E-state index contributed by atoms with van der Waals surface area (Å²) in [7, 11) is 0. The molecule has 0 saturated heterocycles. The highest BCUT2D eigenvalue weighted by Crippen LogP contribution is 2.32. The number of carboxylic acid groups (broad SMARTS) is 2. The third kappa shape index (κ3) is 3.03. The lowest BCUT2D eigenvalue weighted by molar-refractivity contribution is 0.0686. The van der Waals surface area contributed by atoms with Gasteiger partial charge in [-0.25, -0.2) is 9.59 Å². The quantitative estimate of drug-likeness (QED) is 0.747. The van der Waals surface area contributed by atoms with Crippen LogP contribution in [0.5, 0.6) is 0 Å². The molecule has 0 fully saturated rings. The van der Waals surface area contributed by atoms with Gasteiger partial charge in [-0.05, 0) is 46.5 Å². The fraction of sp³-hybridized carbons (Fsp3) is 0. The van der Waals surface area contributed by atoms with E-state index in [2.05, 4.69) is 0 Å². The van der Waals surface area contributed by atoms with Crippen molar-refractivity contribution in [2.45, 2.75) is 0 Å². The molecule has 0 spiro atoms. The molecule has 0 unspecified atom stereocenters. The zero-order valence-electron chi connectivity index (χ0n) is 12.6. The van der Waals surface area contributed by atoms with Crippen molar-refractivity contribution in [1.29, 1.82) is 0 Å². The largest absolute Gasteiger partial charge is 0.478 e. The van der Waals surface area contributed by atoms with Gasteiger partial charge >= 0.3 is 11.9 Å². The summed E-state index contributed by atoms with van der Waals surface area (Å²) >= 11 is 0. The summed E-state index contributed by atoms with van der Waals surface area (Å²) in [6, 6.07) is 20.9. The summed E-state index contributed by atoms with van der Waals surface area (Å²) in [6.45, 7) is 0. The van der Waals surface area contributed by atoms with E-state index < -0.39 is 11.9 Å². The van der Waals surface area contributed by atoms with Crippen LogP contribution in [-0.4, -0.2) is 22.2 Å². The number of carbonyl (C=O) groups is 2. The summed E-state index contributed by atoms with van der Waals surface area (Å²) < 4.78 is 0. The molecule has 0 aliphatic heterocycles. The van der Waals surface area contributed by atoms with Crippen LogP contribution >= 0.6 is 0 Å². The molecule has 0 aliphatic rings. The van der Waals surface area contributed by atoms with Crippen molar-refractivity contribution in [3.8, 4) is 22.3 Å². The van der Waals surface area contributed by atoms with Crippen LogP contribution in [0.1, 0.15) is 20.7 Å². The van der Waals surface area contributed by atoms with Crippen molar-refractivity contribution in [3.63, 3.8) is 0 Å². The minimum absolute atomic E-state index is 0.210. The van der Waals surface area contributed by atoms with Gasteiger partial charge in [0.1, 0.15) is 0 Å². The molecule has 4 nitrogen and oxygen atoms in total. The Labute approximate surface area is 138 Å². The smallest absolute Gasteiger partial charge is 0.335 e. The first kappa shape index (κ1) is 15.5. The number of rotatable bonds is 4. The van der Waals surface area contributed by atoms with Gasteiger partial charge in [-0.15, -0.1) is 0 Å².